The summed E-state index contributed by atoms with van der Waals surface area (Å²) < 4.78 is 5.00. The van der Waals surface area contributed by atoms with Gasteiger partial charge in [0.05, 0.1) is 12.8 Å². The standard InChI is InChI=1S/C12H11N3O6/c1-20-9-5-4-7-6(14-9)2-3-8(10(13)16)15(7)21-12(19)11(17)18/h2-5,14H,1H3,(H2,13,16)(H,17,18). The lowest BCUT2D eigenvalue weighted by Gasteiger charge is -2.31. The van der Waals surface area contributed by atoms with Gasteiger partial charge in [-0.15, -0.1) is 0 Å². The number of carboxylic acids is 1. The van der Waals surface area contributed by atoms with Crippen LogP contribution in [0.4, 0.5) is 0 Å². The third-order valence-corrected chi connectivity index (χ3v) is 2.59. The van der Waals surface area contributed by atoms with Crippen LogP contribution in [0.3, 0.4) is 0 Å². The smallest absolute Gasteiger partial charge is 0.441 e. The molecule has 0 atom stereocenters. The zero-order chi connectivity index (χ0) is 15.6. The molecule has 0 spiro atoms. The molecule has 0 aromatic heterocycles. The van der Waals surface area contributed by atoms with Gasteiger partial charge < -0.3 is 25.7 Å². The van der Waals surface area contributed by atoms with Crippen LogP contribution in [0.5, 0.6) is 0 Å². The highest BCUT2D eigenvalue weighted by Crippen LogP contribution is 2.27. The number of rotatable bonds is 3. The fourth-order valence-corrected chi connectivity index (χ4v) is 1.67. The van der Waals surface area contributed by atoms with E-state index < -0.39 is 17.8 Å². The minimum absolute atomic E-state index is 0.185. The number of carbonyl (C=O) groups is 3. The van der Waals surface area contributed by atoms with E-state index in [2.05, 4.69) is 10.2 Å². The fraction of sp³-hybridized carbons (Fsp3) is 0.0833. The van der Waals surface area contributed by atoms with Gasteiger partial charge >= 0.3 is 11.9 Å². The van der Waals surface area contributed by atoms with E-state index in [0.29, 0.717) is 11.6 Å². The van der Waals surface area contributed by atoms with Crippen molar-refractivity contribution in [2.24, 2.45) is 5.73 Å². The molecular weight excluding hydrogens is 282 g/mol. The van der Waals surface area contributed by atoms with Crippen LogP contribution in [-0.4, -0.2) is 35.1 Å². The van der Waals surface area contributed by atoms with Gasteiger partial charge in [-0.2, -0.15) is 5.06 Å². The molecule has 0 aliphatic carbocycles. The molecule has 110 valence electrons. The van der Waals surface area contributed by atoms with Crippen molar-refractivity contribution < 1.29 is 29.1 Å². The zero-order valence-electron chi connectivity index (χ0n) is 10.8. The number of carboxylic acid groups (broad SMARTS) is 1. The number of nitrogens with zero attached hydrogens (tertiary/aromatic N) is 1. The largest absolute Gasteiger partial charge is 0.482 e. The topological polar surface area (TPSA) is 131 Å². The normalized spacial score (nSPS) is 16.3. The Kier molecular flexibility index (Phi) is 3.65. The van der Waals surface area contributed by atoms with E-state index in [1.165, 1.54) is 31.4 Å². The van der Waals surface area contributed by atoms with Crippen molar-refractivity contribution in [1.82, 2.24) is 10.4 Å². The molecule has 0 fully saturated rings. The maximum absolute atomic E-state index is 11.4. The molecule has 0 aromatic carbocycles. The van der Waals surface area contributed by atoms with Gasteiger partial charge in [-0.05, 0) is 18.2 Å². The number of methoxy groups -OCH3 is 1. The molecular formula is C12H11N3O6. The Bertz CT molecular complexity index is 643. The van der Waals surface area contributed by atoms with Gasteiger partial charge in [-0.25, -0.2) is 9.59 Å². The van der Waals surface area contributed by atoms with Gasteiger partial charge in [-0.3, -0.25) is 4.79 Å². The van der Waals surface area contributed by atoms with Crippen molar-refractivity contribution in [3.05, 3.63) is 47.3 Å². The van der Waals surface area contributed by atoms with Crippen LogP contribution < -0.4 is 11.1 Å². The molecule has 2 aliphatic rings. The quantitative estimate of drug-likeness (QED) is 0.569. The summed E-state index contributed by atoms with van der Waals surface area (Å²) in [6.07, 6.45) is 5.79. The highest BCUT2D eigenvalue weighted by Gasteiger charge is 2.31. The summed E-state index contributed by atoms with van der Waals surface area (Å²) in [5.41, 5.74) is 5.68. The number of hydrogen-bond donors (Lipinski definition) is 3. The molecule has 2 rings (SSSR count). The summed E-state index contributed by atoms with van der Waals surface area (Å²) in [4.78, 5) is 37.9. The van der Waals surface area contributed by atoms with Crippen molar-refractivity contribution in [2.45, 2.75) is 0 Å². The van der Waals surface area contributed by atoms with Crippen LogP contribution in [0.15, 0.2) is 47.3 Å². The number of hydroxylamine groups is 2. The van der Waals surface area contributed by atoms with Crippen LogP contribution in [0, 0.1) is 0 Å². The number of primary amides is 1. The van der Waals surface area contributed by atoms with Crippen LogP contribution in [0.2, 0.25) is 0 Å². The number of carbonyl (C=O) groups excluding carboxylic acids is 2. The third-order valence-electron chi connectivity index (χ3n) is 2.59. The van der Waals surface area contributed by atoms with Gasteiger partial charge in [0.2, 0.25) is 0 Å². The highest BCUT2D eigenvalue weighted by atomic mass is 16.7. The van der Waals surface area contributed by atoms with Gasteiger partial charge in [0.25, 0.3) is 5.91 Å². The second-order valence-corrected chi connectivity index (χ2v) is 3.89. The minimum atomic E-state index is -1.80. The maximum atomic E-state index is 11.4. The first-order valence-corrected chi connectivity index (χ1v) is 5.64. The molecule has 9 heteroatoms. The van der Waals surface area contributed by atoms with E-state index in [4.69, 9.17) is 15.6 Å². The maximum Gasteiger partial charge on any atom is 0.441 e. The van der Waals surface area contributed by atoms with E-state index in [1.807, 2.05) is 0 Å². The molecule has 2 aliphatic heterocycles. The summed E-state index contributed by atoms with van der Waals surface area (Å²) in [7, 11) is 1.45. The van der Waals surface area contributed by atoms with Crippen molar-refractivity contribution in [3.63, 3.8) is 0 Å². The summed E-state index contributed by atoms with van der Waals surface area (Å²) in [6.45, 7) is 0. The number of fused-ring (bicyclic) bond motifs is 1. The lowest BCUT2D eigenvalue weighted by molar-refractivity contribution is -0.185. The third kappa shape index (κ3) is 2.71. The first-order valence-electron chi connectivity index (χ1n) is 5.64. The lowest BCUT2D eigenvalue weighted by Crippen LogP contribution is -2.39. The van der Waals surface area contributed by atoms with Gasteiger partial charge in [-0.1, -0.05) is 0 Å². The average molecular weight is 293 g/mol. The molecule has 1 amide bonds. The van der Waals surface area contributed by atoms with Crippen LogP contribution in [0.25, 0.3) is 0 Å². The number of allylic oxidation sites excluding steroid dienone is 4. The van der Waals surface area contributed by atoms with E-state index in [1.54, 1.807) is 0 Å². The summed E-state index contributed by atoms with van der Waals surface area (Å²) in [6, 6.07) is 0. The minimum Gasteiger partial charge on any atom is -0.482 e. The average Bonchev–Trinajstić information content (AvgIpc) is 2.46. The predicted molar refractivity (Wildman–Crippen MR) is 67.2 cm³/mol. The number of ether oxygens (including phenoxy) is 1. The van der Waals surface area contributed by atoms with Gasteiger partial charge in [0.15, 0.2) is 5.88 Å². The van der Waals surface area contributed by atoms with Crippen molar-refractivity contribution >= 4 is 17.8 Å². The number of nitrogens with one attached hydrogen (secondary N) is 1. The number of nitrogens with two attached hydrogens (primary N) is 1. The molecule has 0 bridgehead atoms. The Morgan fingerprint density at radius 2 is 1.95 bits per heavy atom. The van der Waals surface area contributed by atoms with Crippen LogP contribution in [0.1, 0.15) is 0 Å². The molecule has 21 heavy (non-hydrogen) atoms. The monoisotopic (exact) mass is 293 g/mol. The van der Waals surface area contributed by atoms with E-state index >= 15 is 0 Å². The lowest BCUT2D eigenvalue weighted by atomic mass is 10.1. The number of aliphatic carboxylic acids is 1. The van der Waals surface area contributed by atoms with Gasteiger partial charge in [0.1, 0.15) is 11.4 Å². The molecule has 0 saturated carbocycles. The van der Waals surface area contributed by atoms with Gasteiger partial charge in [0, 0.05) is 6.08 Å². The van der Waals surface area contributed by atoms with Crippen molar-refractivity contribution in [2.75, 3.05) is 7.11 Å². The molecule has 0 saturated heterocycles. The van der Waals surface area contributed by atoms with Crippen molar-refractivity contribution in [3.8, 4) is 0 Å². The van der Waals surface area contributed by atoms with Crippen molar-refractivity contribution in [1.29, 1.82) is 0 Å². The summed E-state index contributed by atoms with van der Waals surface area (Å²) >= 11 is 0. The Morgan fingerprint density at radius 3 is 2.52 bits per heavy atom. The Morgan fingerprint density at radius 1 is 1.24 bits per heavy atom. The molecule has 2 heterocycles. The van der Waals surface area contributed by atoms with E-state index in [9.17, 15) is 14.4 Å². The molecule has 4 N–H and O–H groups in total. The first-order chi connectivity index (χ1) is 9.93. The Balaban J connectivity index is 2.39. The molecule has 9 nitrogen and oxygen atoms in total. The Labute approximate surface area is 118 Å². The summed E-state index contributed by atoms with van der Waals surface area (Å²) in [5, 5.41) is 12.2. The zero-order valence-corrected chi connectivity index (χ0v) is 10.8. The number of dihydropyridines is 1. The molecule has 0 aromatic rings. The molecule has 0 radical (unpaired) electrons. The number of amides is 1. The number of hydrogen-bond acceptors (Lipinski definition) is 7. The highest BCUT2D eigenvalue weighted by molar-refractivity contribution is 6.28. The second-order valence-electron chi connectivity index (χ2n) is 3.89. The van der Waals surface area contributed by atoms with E-state index in [0.717, 1.165) is 5.06 Å². The second kappa shape index (κ2) is 5.41. The predicted octanol–water partition coefficient (Wildman–Crippen LogP) is -0.927. The van der Waals surface area contributed by atoms with Crippen LogP contribution >= 0.6 is 0 Å². The van der Waals surface area contributed by atoms with Crippen LogP contribution in [-0.2, 0) is 24.0 Å². The fourth-order valence-electron chi connectivity index (χ4n) is 1.67. The first kappa shape index (κ1) is 14.2. The summed E-state index contributed by atoms with van der Waals surface area (Å²) in [5.74, 6) is -3.81. The molecule has 0 unspecified atom stereocenters. The van der Waals surface area contributed by atoms with E-state index in [-0.39, 0.29) is 11.4 Å². The SMILES string of the molecule is COC1=CC=C2C(=CC=C(C(N)=O)N2OC(=O)C(=O)O)N1. The Hall–Kier alpha value is -3.23.